The summed E-state index contributed by atoms with van der Waals surface area (Å²) >= 11 is 0. The number of aromatic amines is 1. The van der Waals surface area contributed by atoms with Gasteiger partial charge in [0, 0.05) is 6.04 Å². The molecular weight excluding hydrogens is 204 g/mol. The summed E-state index contributed by atoms with van der Waals surface area (Å²) in [5.41, 5.74) is 1.96. The van der Waals surface area contributed by atoms with Gasteiger partial charge >= 0.3 is 5.69 Å². The number of hydrogen-bond acceptors (Lipinski definition) is 3. The van der Waals surface area contributed by atoms with Crippen molar-refractivity contribution in [3.05, 3.63) is 22.4 Å². The molecule has 2 heterocycles. The van der Waals surface area contributed by atoms with Crippen molar-refractivity contribution >= 4 is 11.3 Å². The number of rotatable bonds is 2. The standard InChI is InChI=1S/C11H16N4O/c1-6(2)8-5-12-9-10(13-8)15(7(3)4)11(16)14-9/h5-7H,1-4H3,(H,12,14,16). The highest BCUT2D eigenvalue weighted by Gasteiger charge is 2.13. The van der Waals surface area contributed by atoms with Crippen LogP contribution in [-0.4, -0.2) is 19.5 Å². The number of nitrogens with one attached hydrogen (secondary N) is 1. The lowest BCUT2D eigenvalue weighted by atomic mass is 10.1. The van der Waals surface area contributed by atoms with Gasteiger partial charge in [-0.3, -0.25) is 9.55 Å². The highest BCUT2D eigenvalue weighted by Crippen LogP contribution is 2.15. The summed E-state index contributed by atoms with van der Waals surface area (Å²) in [4.78, 5) is 23.1. The van der Waals surface area contributed by atoms with Crippen LogP contribution in [0.25, 0.3) is 11.3 Å². The van der Waals surface area contributed by atoms with E-state index in [4.69, 9.17) is 0 Å². The largest absolute Gasteiger partial charge is 0.329 e. The molecule has 0 aliphatic carbocycles. The topological polar surface area (TPSA) is 63.6 Å². The Labute approximate surface area is 93.5 Å². The molecule has 0 spiro atoms. The minimum absolute atomic E-state index is 0.0814. The molecule has 0 radical (unpaired) electrons. The molecule has 0 saturated carbocycles. The van der Waals surface area contributed by atoms with Crippen LogP contribution in [0.5, 0.6) is 0 Å². The van der Waals surface area contributed by atoms with Gasteiger partial charge in [-0.2, -0.15) is 0 Å². The molecule has 0 aliphatic rings. The third-order valence-electron chi connectivity index (χ3n) is 2.55. The number of nitrogens with zero attached hydrogens (tertiary/aromatic N) is 3. The molecule has 0 saturated heterocycles. The Hall–Kier alpha value is -1.65. The summed E-state index contributed by atoms with van der Waals surface area (Å²) in [5, 5.41) is 0. The SMILES string of the molecule is CC(C)c1cnc2[nH]c(=O)n(C(C)C)c2n1. The Morgan fingerprint density at radius 3 is 2.56 bits per heavy atom. The minimum Gasteiger partial charge on any atom is -0.289 e. The fraction of sp³-hybridized carbons (Fsp3) is 0.545. The van der Waals surface area contributed by atoms with Crippen molar-refractivity contribution in [2.45, 2.75) is 39.7 Å². The van der Waals surface area contributed by atoms with Gasteiger partial charge in [0.25, 0.3) is 0 Å². The van der Waals surface area contributed by atoms with Crippen molar-refractivity contribution in [2.24, 2.45) is 0 Å². The average Bonchev–Trinajstić information content (AvgIpc) is 2.51. The Morgan fingerprint density at radius 2 is 2.00 bits per heavy atom. The van der Waals surface area contributed by atoms with Crippen LogP contribution in [0.1, 0.15) is 45.3 Å². The Morgan fingerprint density at radius 1 is 1.31 bits per heavy atom. The van der Waals surface area contributed by atoms with Crippen LogP contribution in [0.3, 0.4) is 0 Å². The van der Waals surface area contributed by atoms with Gasteiger partial charge in [0.15, 0.2) is 11.3 Å². The van der Waals surface area contributed by atoms with Crippen LogP contribution in [-0.2, 0) is 0 Å². The van der Waals surface area contributed by atoms with Crippen LogP contribution >= 0.6 is 0 Å². The van der Waals surface area contributed by atoms with Gasteiger partial charge in [0.1, 0.15) is 0 Å². The molecule has 5 nitrogen and oxygen atoms in total. The molecule has 1 N–H and O–H groups in total. The van der Waals surface area contributed by atoms with E-state index in [9.17, 15) is 4.79 Å². The maximum Gasteiger partial charge on any atom is 0.329 e. The van der Waals surface area contributed by atoms with Gasteiger partial charge in [-0.25, -0.2) is 14.8 Å². The van der Waals surface area contributed by atoms with E-state index >= 15 is 0 Å². The molecule has 2 rings (SSSR count). The fourth-order valence-electron chi connectivity index (χ4n) is 1.66. The Balaban J connectivity index is 2.75. The maximum atomic E-state index is 11.7. The van der Waals surface area contributed by atoms with Gasteiger partial charge in [-0.1, -0.05) is 13.8 Å². The minimum atomic E-state index is -0.147. The van der Waals surface area contributed by atoms with Crippen molar-refractivity contribution in [3.63, 3.8) is 0 Å². The van der Waals surface area contributed by atoms with Crippen LogP contribution in [0.2, 0.25) is 0 Å². The van der Waals surface area contributed by atoms with E-state index in [-0.39, 0.29) is 11.7 Å². The number of aromatic nitrogens is 4. The quantitative estimate of drug-likeness (QED) is 0.839. The molecule has 16 heavy (non-hydrogen) atoms. The Kier molecular flexibility index (Phi) is 2.53. The first kappa shape index (κ1) is 10.9. The normalized spacial score (nSPS) is 11.9. The monoisotopic (exact) mass is 220 g/mol. The molecule has 0 bridgehead atoms. The number of hydrogen-bond donors (Lipinski definition) is 1. The van der Waals surface area contributed by atoms with E-state index in [2.05, 4.69) is 28.8 Å². The second-order valence-electron chi connectivity index (χ2n) is 4.52. The lowest BCUT2D eigenvalue weighted by Crippen LogP contribution is -2.18. The molecule has 0 fully saturated rings. The number of fused-ring (bicyclic) bond motifs is 1. The summed E-state index contributed by atoms with van der Waals surface area (Å²) < 4.78 is 1.63. The first-order chi connectivity index (χ1) is 7.50. The zero-order chi connectivity index (χ0) is 11.9. The first-order valence-corrected chi connectivity index (χ1v) is 5.48. The first-order valence-electron chi connectivity index (χ1n) is 5.48. The summed E-state index contributed by atoms with van der Waals surface area (Å²) in [7, 11) is 0. The lowest BCUT2D eigenvalue weighted by molar-refractivity contribution is 0.592. The van der Waals surface area contributed by atoms with Crippen molar-refractivity contribution < 1.29 is 0 Å². The molecule has 0 unspecified atom stereocenters. The number of H-pyrrole nitrogens is 1. The number of imidazole rings is 1. The molecule has 2 aromatic rings. The van der Waals surface area contributed by atoms with Gasteiger partial charge in [0.05, 0.1) is 11.9 Å². The molecule has 5 heteroatoms. The zero-order valence-electron chi connectivity index (χ0n) is 9.98. The van der Waals surface area contributed by atoms with Gasteiger partial charge in [0.2, 0.25) is 0 Å². The second-order valence-corrected chi connectivity index (χ2v) is 4.52. The van der Waals surface area contributed by atoms with Crippen molar-refractivity contribution in [1.82, 2.24) is 19.5 Å². The van der Waals surface area contributed by atoms with Crippen LogP contribution in [0, 0.1) is 0 Å². The van der Waals surface area contributed by atoms with E-state index < -0.39 is 0 Å². The van der Waals surface area contributed by atoms with Gasteiger partial charge in [-0.05, 0) is 19.8 Å². The summed E-state index contributed by atoms with van der Waals surface area (Å²) in [6.45, 7) is 8.03. The molecular formula is C11H16N4O. The average molecular weight is 220 g/mol. The highest BCUT2D eigenvalue weighted by atomic mass is 16.1. The zero-order valence-corrected chi connectivity index (χ0v) is 9.98. The third kappa shape index (κ3) is 1.62. The fourth-order valence-corrected chi connectivity index (χ4v) is 1.66. The molecule has 0 aliphatic heterocycles. The van der Waals surface area contributed by atoms with Crippen LogP contribution in [0.15, 0.2) is 11.0 Å². The smallest absolute Gasteiger partial charge is 0.289 e. The van der Waals surface area contributed by atoms with Crippen LogP contribution in [0.4, 0.5) is 0 Å². The molecule has 86 valence electrons. The van der Waals surface area contributed by atoms with Crippen molar-refractivity contribution in [1.29, 1.82) is 0 Å². The summed E-state index contributed by atoms with van der Waals surface area (Å²) in [5.74, 6) is 0.308. The molecule has 2 aromatic heterocycles. The predicted octanol–water partition coefficient (Wildman–Crippen LogP) is 1.82. The van der Waals surface area contributed by atoms with E-state index in [0.29, 0.717) is 17.2 Å². The third-order valence-corrected chi connectivity index (χ3v) is 2.55. The van der Waals surface area contributed by atoms with E-state index in [1.165, 1.54) is 0 Å². The summed E-state index contributed by atoms with van der Waals surface area (Å²) in [6.07, 6.45) is 1.72. The van der Waals surface area contributed by atoms with Crippen molar-refractivity contribution in [2.75, 3.05) is 0 Å². The maximum absolute atomic E-state index is 11.7. The van der Waals surface area contributed by atoms with E-state index in [0.717, 1.165) is 5.69 Å². The van der Waals surface area contributed by atoms with E-state index in [1.54, 1.807) is 10.8 Å². The predicted molar refractivity (Wildman–Crippen MR) is 62.6 cm³/mol. The highest BCUT2D eigenvalue weighted by molar-refractivity contribution is 5.65. The lowest BCUT2D eigenvalue weighted by Gasteiger charge is -2.07. The van der Waals surface area contributed by atoms with E-state index in [1.807, 2.05) is 13.8 Å². The van der Waals surface area contributed by atoms with Gasteiger partial charge < -0.3 is 0 Å². The summed E-state index contributed by atoms with van der Waals surface area (Å²) in [6, 6.07) is 0.0814. The van der Waals surface area contributed by atoms with Crippen LogP contribution < -0.4 is 5.69 Å². The Bertz CT molecular complexity index is 565. The van der Waals surface area contributed by atoms with Crippen molar-refractivity contribution in [3.8, 4) is 0 Å². The second kappa shape index (κ2) is 3.73. The molecule has 0 aromatic carbocycles. The molecule has 0 amide bonds. The molecule has 0 atom stereocenters. The van der Waals surface area contributed by atoms with Gasteiger partial charge in [-0.15, -0.1) is 0 Å².